The average molecular weight is 161 g/mol. The summed E-state index contributed by atoms with van der Waals surface area (Å²) in [5, 5.41) is 0. The molecule has 2 N–H and O–H groups in total. The zero-order valence-electron chi connectivity index (χ0n) is 7.67. The molecule has 0 bridgehead atoms. The molecule has 1 aliphatic rings. The summed E-state index contributed by atoms with van der Waals surface area (Å²) in [5.41, 5.74) is 8.88. The van der Waals surface area contributed by atoms with Gasteiger partial charge in [0.25, 0.3) is 0 Å². The summed E-state index contributed by atoms with van der Waals surface area (Å²) in [5.74, 6) is 0.565. The van der Waals surface area contributed by atoms with Crippen LogP contribution in [0.2, 0.25) is 0 Å². The van der Waals surface area contributed by atoms with Crippen molar-refractivity contribution in [3.63, 3.8) is 0 Å². The van der Waals surface area contributed by atoms with Crippen LogP contribution in [0.25, 0.3) is 0 Å². The molecule has 0 aromatic heterocycles. The lowest BCUT2D eigenvalue weighted by atomic mass is 9.88. The van der Waals surface area contributed by atoms with E-state index in [1.165, 1.54) is 11.1 Å². The molecular formula is C11H15N. The van der Waals surface area contributed by atoms with E-state index in [4.69, 9.17) is 5.73 Å². The molecule has 12 heavy (non-hydrogen) atoms. The zero-order valence-corrected chi connectivity index (χ0v) is 7.67. The maximum Gasteiger partial charge on any atom is 0.0412 e. The van der Waals surface area contributed by atoms with Crippen LogP contribution in [0.15, 0.2) is 24.3 Å². The highest BCUT2D eigenvalue weighted by Gasteiger charge is 2.36. The Hall–Kier alpha value is -0.820. The smallest absolute Gasteiger partial charge is 0.0412 e. The minimum absolute atomic E-state index is 0.114. The van der Waals surface area contributed by atoms with Gasteiger partial charge in [-0.2, -0.15) is 0 Å². The summed E-state index contributed by atoms with van der Waals surface area (Å²) in [6.07, 6.45) is 1.13. The van der Waals surface area contributed by atoms with Crippen molar-refractivity contribution in [3.05, 3.63) is 35.4 Å². The molecule has 0 radical (unpaired) electrons. The molecule has 0 aliphatic heterocycles. The lowest BCUT2D eigenvalue weighted by Gasteiger charge is -2.24. The molecule has 64 valence electrons. The van der Waals surface area contributed by atoms with Gasteiger partial charge in [-0.05, 0) is 30.4 Å². The Kier molecular flexibility index (Phi) is 1.52. The SMILES string of the molecule is CC1Cc2ccccc2C1(C)N. The van der Waals surface area contributed by atoms with E-state index < -0.39 is 0 Å². The Labute approximate surface area is 73.6 Å². The molecule has 0 fully saturated rings. The van der Waals surface area contributed by atoms with E-state index in [1.807, 2.05) is 0 Å². The van der Waals surface area contributed by atoms with Crippen LogP contribution in [-0.4, -0.2) is 0 Å². The molecule has 0 saturated heterocycles. The van der Waals surface area contributed by atoms with Crippen molar-refractivity contribution in [2.45, 2.75) is 25.8 Å². The number of fused-ring (bicyclic) bond motifs is 1. The fourth-order valence-electron chi connectivity index (χ4n) is 2.03. The lowest BCUT2D eigenvalue weighted by molar-refractivity contribution is 0.358. The van der Waals surface area contributed by atoms with Crippen molar-refractivity contribution in [1.82, 2.24) is 0 Å². The second kappa shape index (κ2) is 2.33. The maximum absolute atomic E-state index is 6.23. The van der Waals surface area contributed by atoms with E-state index in [1.54, 1.807) is 0 Å². The number of rotatable bonds is 0. The topological polar surface area (TPSA) is 26.0 Å². The van der Waals surface area contributed by atoms with Gasteiger partial charge in [0.1, 0.15) is 0 Å². The van der Waals surface area contributed by atoms with Crippen molar-refractivity contribution < 1.29 is 0 Å². The van der Waals surface area contributed by atoms with Gasteiger partial charge in [-0.3, -0.25) is 0 Å². The Bertz CT molecular complexity index is 302. The first kappa shape index (κ1) is 7.81. The molecule has 1 aliphatic carbocycles. The molecule has 1 aromatic rings. The molecule has 0 saturated carbocycles. The molecule has 1 nitrogen and oxygen atoms in total. The number of hydrogen-bond donors (Lipinski definition) is 1. The van der Waals surface area contributed by atoms with Crippen LogP contribution in [0.5, 0.6) is 0 Å². The van der Waals surface area contributed by atoms with Gasteiger partial charge in [0, 0.05) is 5.54 Å². The van der Waals surface area contributed by atoms with Gasteiger partial charge in [0.05, 0.1) is 0 Å². The van der Waals surface area contributed by atoms with Crippen molar-refractivity contribution >= 4 is 0 Å². The summed E-state index contributed by atoms with van der Waals surface area (Å²) in [4.78, 5) is 0. The van der Waals surface area contributed by atoms with Gasteiger partial charge in [-0.15, -0.1) is 0 Å². The third kappa shape index (κ3) is 0.896. The Morgan fingerprint density at radius 1 is 1.42 bits per heavy atom. The largest absolute Gasteiger partial charge is 0.321 e. The second-order valence-corrected chi connectivity index (χ2v) is 4.05. The fourth-order valence-corrected chi connectivity index (χ4v) is 2.03. The molecule has 2 atom stereocenters. The molecule has 0 heterocycles. The lowest BCUT2D eigenvalue weighted by Crippen LogP contribution is -2.36. The molecule has 2 unspecified atom stereocenters. The van der Waals surface area contributed by atoms with Crippen LogP contribution < -0.4 is 5.73 Å². The van der Waals surface area contributed by atoms with Gasteiger partial charge in [0.2, 0.25) is 0 Å². The maximum atomic E-state index is 6.23. The number of hydrogen-bond acceptors (Lipinski definition) is 1. The van der Waals surface area contributed by atoms with Crippen molar-refractivity contribution in [3.8, 4) is 0 Å². The standard InChI is InChI=1S/C11H15N/c1-8-7-9-5-3-4-6-10(9)11(8,2)12/h3-6,8H,7,12H2,1-2H3. The van der Waals surface area contributed by atoms with Crippen LogP contribution in [0.4, 0.5) is 0 Å². The normalized spacial score (nSPS) is 33.4. The summed E-state index contributed by atoms with van der Waals surface area (Å²) in [7, 11) is 0. The Morgan fingerprint density at radius 3 is 2.75 bits per heavy atom. The Balaban J connectivity index is 2.55. The van der Waals surface area contributed by atoms with E-state index in [0.29, 0.717) is 5.92 Å². The van der Waals surface area contributed by atoms with Gasteiger partial charge in [0.15, 0.2) is 0 Å². The quantitative estimate of drug-likeness (QED) is 0.619. The predicted octanol–water partition coefficient (Wildman–Crippen LogP) is 2.05. The summed E-state index contributed by atoms with van der Waals surface area (Å²) in [6, 6.07) is 8.50. The van der Waals surface area contributed by atoms with Gasteiger partial charge in [-0.25, -0.2) is 0 Å². The molecule has 0 spiro atoms. The van der Waals surface area contributed by atoms with Gasteiger partial charge < -0.3 is 5.73 Å². The average Bonchev–Trinajstić information content (AvgIpc) is 2.25. The van der Waals surface area contributed by atoms with Crippen LogP contribution in [0, 0.1) is 5.92 Å². The zero-order chi connectivity index (χ0) is 8.77. The van der Waals surface area contributed by atoms with Crippen molar-refractivity contribution in [1.29, 1.82) is 0 Å². The predicted molar refractivity (Wildman–Crippen MR) is 50.8 cm³/mol. The van der Waals surface area contributed by atoms with E-state index in [2.05, 4.69) is 38.1 Å². The molecule has 1 aromatic carbocycles. The number of benzene rings is 1. The molecule has 1 heteroatoms. The molecule has 0 amide bonds. The minimum Gasteiger partial charge on any atom is -0.321 e. The highest BCUT2D eigenvalue weighted by atomic mass is 14.8. The molecular weight excluding hydrogens is 146 g/mol. The number of nitrogens with two attached hydrogens (primary N) is 1. The highest BCUT2D eigenvalue weighted by molar-refractivity contribution is 5.38. The van der Waals surface area contributed by atoms with E-state index >= 15 is 0 Å². The van der Waals surface area contributed by atoms with Crippen molar-refractivity contribution in [2.75, 3.05) is 0 Å². The van der Waals surface area contributed by atoms with Crippen LogP contribution >= 0.6 is 0 Å². The van der Waals surface area contributed by atoms with Gasteiger partial charge >= 0.3 is 0 Å². The first-order valence-electron chi connectivity index (χ1n) is 4.49. The monoisotopic (exact) mass is 161 g/mol. The summed E-state index contributed by atoms with van der Waals surface area (Å²) >= 11 is 0. The van der Waals surface area contributed by atoms with E-state index in [-0.39, 0.29) is 5.54 Å². The summed E-state index contributed by atoms with van der Waals surface area (Å²) < 4.78 is 0. The first-order chi connectivity index (χ1) is 5.62. The minimum atomic E-state index is -0.114. The molecule has 2 rings (SSSR count). The highest BCUT2D eigenvalue weighted by Crippen LogP contribution is 2.38. The van der Waals surface area contributed by atoms with Gasteiger partial charge in [-0.1, -0.05) is 31.2 Å². The third-order valence-electron chi connectivity index (χ3n) is 3.15. The van der Waals surface area contributed by atoms with E-state index in [0.717, 1.165) is 6.42 Å². The summed E-state index contributed by atoms with van der Waals surface area (Å²) in [6.45, 7) is 4.35. The second-order valence-electron chi connectivity index (χ2n) is 4.05. The van der Waals surface area contributed by atoms with Crippen LogP contribution in [0.1, 0.15) is 25.0 Å². The van der Waals surface area contributed by atoms with E-state index in [9.17, 15) is 0 Å². The fraction of sp³-hybridized carbons (Fsp3) is 0.455. The first-order valence-corrected chi connectivity index (χ1v) is 4.49. The Morgan fingerprint density at radius 2 is 2.08 bits per heavy atom. The van der Waals surface area contributed by atoms with Crippen LogP contribution in [-0.2, 0) is 12.0 Å². The third-order valence-corrected chi connectivity index (χ3v) is 3.15. The van der Waals surface area contributed by atoms with Crippen molar-refractivity contribution in [2.24, 2.45) is 11.7 Å². The van der Waals surface area contributed by atoms with Crippen LogP contribution in [0.3, 0.4) is 0 Å².